The van der Waals surface area contributed by atoms with Crippen LogP contribution in [-0.2, 0) is 13.9 Å². The maximum atomic E-state index is 13.4. The Morgan fingerprint density at radius 1 is 1.15 bits per heavy atom. The first-order valence-electron chi connectivity index (χ1n) is 9.11. The lowest BCUT2D eigenvalue weighted by Gasteiger charge is -2.40. The number of para-hydroxylation sites is 1. The van der Waals surface area contributed by atoms with Gasteiger partial charge in [0.25, 0.3) is 0 Å². The van der Waals surface area contributed by atoms with E-state index in [2.05, 4.69) is 35.8 Å². The van der Waals surface area contributed by atoms with Crippen molar-refractivity contribution in [2.24, 2.45) is 5.41 Å². The predicted molar refractivity (Wildman–Crippen MR) is 111 cm³/mol. The second kappa shape index (κ2) is 6.66. The van der Waals surface area contributed by atoms with Crippen LogP contribution in [0.4, 0.5) is 0 Å². The van der Waals surface area contributed by atoms with Crippen LogP contribution in [0.5, 0.6) is 0 Å². The molecule has 1 heterocycles. The molecule has 0 aliphatic rings. The van der Waals surface area contributed by atoms with Crippen LogP contribution in [0.1, 0.15) is 72.7 Å². The van der Waals surface area contributed by atoms with E-state index in [1.165, 1.54) is 0 Å². The van der Waals surface area contributed by atoms with E-state index in [9.17, 15) is 4.79 Å². The van der Waals surface area contributed by atoms with Gasteiger partial charge in [-0.1, -0.05) is 54.9 Å². The molecule has 1 unspecified atom stereocenters. The maximum absolute atomic E-state index is 13.4. The molecule has 2 rings (SSSR count). The van der Waals surface area contributed by atoms with Gasteiger partial charge < -0.3 is 4.74 Å². The second-order valence-corrected chi connectivity index (χ2v) is 10.4. The smallest absolute Gasteiger partial charge is 0.328 e. The van der Waals surface area contributed by atoms with Gasteiger partial charge in [0.15, 0.2) is 4.32 Å². The normalized spacial score (nSPS) is 15.3. The first-order valence-corrected chi connectivity index (χ1v) is 9.90. The number of alkyl halides is 1. The predicted octanol–water partition coefficient (Wildman–Crippen LogP) is 5.90. The van der Waals surface area contributed by atoms with Gasteiger partial charge in [-0.25, -0.2) is 0 Å². The highest BCUT2D eigenvalue weighted by Gasteiger charge is 2.51. The van der Waals surface area contributed by atoms with E-state index in [0.717, 1.165) is 22.2 Å². The Hall–Kier alpha value is -1.36. The minimum atomic E-state index is -0.994. The van der Waals surface area contributed by atoms with Crippen molar-refractivity contribution in [3.8, 4) is 0 Å². The van der Waals surface area contributed by atoms with E-state index in [-0.39, 0.29) is 12.0 Å². The van der Waals surface area contributed by atoms with Crippen molar-refractivity contribution >= 4 is 32.8 Å². The fraction of sp³-hybridized carbons (Fsp3) is 0.619. The zero-order chi connectivity index (χ0) is 20.1. The van der Waals surface area contributed by atoms with Gasteiger partial charge in [0.2, 0.25) is 0 Å². The molecule has 4 nitrogen and oxygen atoms in total. The molecule has 0 bridgehead atoms. The molecule has 0 saturated carbocycles. The van der Waals surface area contributed by atoms with E-state index in [1.807, 2.05) is 65.3 Å². The van der Waals surface area contributed by atoms with Gasteiger partial charge in [-0.05, 0) is 47.0 Å². The van der Waals surface area contributed by atoms with Crippen molar-refractivity contribution in [2.45, 2.75) is 78.3 Å². The molecule has 0 spiro atoms. The number of fused-ring (bicyclic) bond motifs is 1. The standard InChI is InChI=1S/C21H31BrN2O2/c1-13(2)24-17-15(14(3)23-24)11-10-12-16(17)21(22,19(4,5)6)18(25)26-20(7,8)9/h10-13H,1-9H3. The Balaban J connectivity index is 2.85. The van der Waals surface area contributed by atoms with Gasteiger partial charge in [-0.15, -0.1) is 0 Å². The molecule has 0 aliphatic heterocycles. The average Bonchev–Trinajstić information content (AvgIpc) is 2.81. The summed E-state index contributed by atoms with van der Waals surface area (Å²) < 4.78 is 6.84. The summed E-state index contributed by atoms with van der Waals surface area (Å²) in [4.78, 5) is 13.4. The van der Waals surface area contributed by atoms with Crippen molar-refractivity contribution in [2.75, 3.05) is 0 Å². The summed E-state index contributed by atoms with van der Waals surface area (Å²) in [6.07, 6.45) is 0. The van der Waals surface area contributed by atoms with Crippen LogP contribution >= 0.6 is 15.9 Å². The molecule has 0 aliphatic carbocycles. The minimum absolute atomic E-state index is 0.183. The molecule has 5 heteroatoms. The molecule has 144 valence electrons. The lowest BCUT2D eigenvalue weighted by molar-refractivity contribution is -0.161. The SMILES string of the molecule is Cc1nn(C(C)C)c2c(C(Br)(C(=O)OC(C)(C)C)C(C)(C)C)cccc12. The molecular weight excluding hydrogens is 392 g/mol. The molecular formula is C21H31BrN2O2. The highest BCUT2D eigenvalue weighted by molar-refractivity contribution is 9.10. The van der Waals surface area contributed by atoms with Crippen LogP contribution in [0.2, 0.25) is 0 Å². The van der Waals surface area contributed by atoms with Crippen molar-refractivity contribution in [1.82, 2.24) is 9.78 Å². The van der Waals surface area contributed by atoms with Gasteiger partial charge in [-0.3, -0.25) is 9.48 Å². The first-order chi connectivity index (χ1) is 11.7. The largest absolute Gasteiger partial charge is 0.459 e. The Kier molecular flexibility index (Phi) is 5.37. The number of hydrogen-bond acceptors (Lipinski definition) is 3. The quantitative estimate of drug-likeness (QED) is 0.456. The third kappa shape index (κ3) is 3.55. The Bertz CT molecular complexity index is 825. The number of aryl methyl sites for hydroxylation is 1. The number of nitrogens with zero attached hydrogens (tertiary/aromatic N) is 2. The number of esters is 1. The summed E-state index contributed by atoms with van der Waals surface area (Å²) in [6.45, 7) is 18.0. The number of ether oxygens (including phenoxy) is 1. The van der Waals surface area contributed by atoms with Crippen molar-refractivity contribution in [3.05, 3.63) is 29.5 Å². The summed E-state index contributed by atoms with van der Waals surface area (Å²) in [6, 6.07) is 6.24. The molecule has 0 saturated heterocycles. The minimum Gasteiger partial charge on any atom is -0.459 e. The number of halogens is 1. The number of aromatic nitrogens is 2. The van der Waals surface area contributed by atoms with Crippen LogP contribution < -0.4 is 0 Å². The van der Waals surface area contributed by atoms with E-state index < -0.39 is 15.3 Å². The van der Waals surface area contributed by atoms with Crippen LogP contribution in [0, 0.1) is 12.3 Å². The topological polar surface area (TPSA) is 44.1 Å². The molecule has 0 amide bonds. The van der Waals surface area contributed by atoms with Gasteiger partial charge >= 0.3 is 5.97 Å². The lowest BCUT2D eigenvalue weighted by atomic mass is 9.75. The summed E-state index contributed by atoms with van der Waals surface area (Å²) >= 11 is 3.83. The van der Waals surface area contributed by atoms with Crippen LogP contribution in [0.25, 0.3) is 10.9 Å². The van der Waals surface area contributed by atoms with Gasteiger partial charge in [0.1, 0.15) is 5.60 Å². The number of carbonyl (C=O) groups excluding carboxylic acids is 1. The van der Waals surface area contributed by atoms with E-state index >= 15 is 0 Å². The number of carbonyl (C=O) groups is 1. The number of rotatable bonds is 3. The van der Waals surface area contributed by atoms with Crippen molar-refractivity contribution < 1.29 is 9.53 Å². The summed E-state index contributed by atoms with van der Waals surface area (Å²) in [7, 11) is 0. The maximum Gasteiger partial charge on any atom is 0.328 e. The fourth-order valence-corrected chi connectivity index (χ4v) is 3.57. The Morgan fingerprint density at radius 3 is 2.19 bits per heavy atom. The van der Waals surface area contributed by atoms with Gasteiger partial charge in [-0.2, -0.15) is 5.10 Å². The molecule has 1 aromatic carbocycles. The van der Waals surface area contributed by atoms with Crippen molar-refractivity contribution in [1.29, 1.82) is 0 Å². The van der Waals surface area contributed by atoms with Gasteiger partial charge in [0, 0.05) is 17.0 Å². The lowest BCUT2D eigenvalue weighted by Crippen LogP contribution is -2.46. The number of hydrogen-bond donors (Lipinski definition) is 0. The molecule has 26 heavy (non-hydrogen) atoms. The molecule has 1 aromatic heterocycles. The second-order valence-electron chi connectivity index (χ2n) is 9.24. The molecule has 0 fully saturated rings. The van der Waals surface area contributed by atoms with E-state index in [4.69, 9.17) is 9.84 Å². The Morgan fingerprint density at radius 2 is 1.73 bits per heavy atom. The third-order valence-corrected chi connectivity index (χ3v) is 6.43. The van der Waals surface area contributed by atoms with Crippen LogP contribution in [0.15, 0.2) is 18.2 Å². The van der Waals surface area contributed by atoms with Crippen LogP contribution in [0.3, 0.4) is 0 Å². The molecule has 0 N–H and O–H groups in total. The van der Waals surface area contributed by atoms with Gasteiger partial charge in [0.05, 0.1) is 11.2 Å². The highest BCUT2D eigenvalue weighted by Crippen LogP contribution is 2.50. The monoisotopic (exact) mass is 422 g/mol. The average molecular weight is 423 g/mol. The summed E-state index contributed by atoms with van der Waals surface area (Å²) in [5.74, 6) is -0.279. The summed E-state index contributed by atoms with van der Waals surface area (Å²) in [5.41, 5.74) is 1.86. The zero-order valence-corrected chi connectivity index (χ0v) is 19.0. The first kappa shape index (κ1) is 20.9. The van der Waals surface area contributed by atoms with Crippen molar-refractivity contribution in [3.63, 3.8) is 0 Å². The highest BCUT2D eigenvalue weighted by atomic mass is 79.9. The third-order valence-electron chi connectivity index (χ3n) is 4.49. The molecule has 1 atom stereocenters. The zero-order valence-electron chi connectivity index (χ0n) is 17.4. The fourth-order valence-electron chi connectivity index (χ4n) is 3.17. The number of benzene rings is 1. The summed E-state index contributed by atoms with van der Waals surface area (Å²) in [5, 5.41) is 5.79. The molecule has 0 radical (unpaired) electrons. The van der Waals surface area contributed by atoms with E-state index in [0.29, 0.717) is 0 Å². The van der Waals surface area contributed by atoms with E-state index in [1.54, 1.807) is 0 Å². The van der Waals surface area contributed by atoms with Crippen LogP contribution in [-0.4, -0.2) is 21.4 Å². The molecule has 2 aromatic rings. The Labute approximate surface area is 165 Å².